The predicted molar refractivity (Wildman–Crippen MR) is 48.8 cm³/mol. The van der Waals surface area contributed by atoms with Crippen molar-refractivity contribution in [2.45, 2.75) is 13.3 Å². The monoisotopic (exact) mass is 180 g/mol. The molecule has 0 aromatic rings. The quantitative estimate of drug-likeness (QED) is 0.645. The van der Waals surface area contributed by atoms with Gasteiger partial charge in [-0.2, -0.15) is 0 Å². The summed E-state index contributed by atoms with van der Waals surface area (Å²) in [6.45, 7) is 5.78. The number of amides is 3. The molecule has 1 aliphatic heterocycles. The van der Waals surface area contributed by atoms with Gasteiger partial charge in [0.15, 0.2) is 0 Å². The average Bonchev–Trinajstić information content (AvgIpc) is 2.04. The summed E-state index contributed by atoms with van der Waals surface area (Å²) in [5.74, 6) is -0.215. The van der Waals surface area contributed by atoms with Crippen LogP contribution in [0.5, 0.6) is 0 Å². The van der Waals surface area contributed by atoms with E-state index in [0.717, 1.165) is 5.70 Å². The topological polar surface area (TPSA) is 49.4 Å². The van der Waals surface area contributed by atoms with Crippen LogP contribution in [-0.2, 0) is 4.79 Å². The zero-order chi connectivity index (χ0) is 9.84. The van der Waals surface area contributed by atoms with Gasteiger partial charge in [-0.15, -0.1) is 0 Å². The molecule has 1 aliphatic rings. The number of nitrogens with one attached hydrogen (secondary N) is 1. The van der Waals surface area contributed by atoms with Gasteiger partial charge in [0.05, 0.1) is 0 Å². The minimum absolute atomic E-state index is 0.215. The molecule has 0 saturated carbocycles. The molecule has 0 bridgehead atoms. The van der Waals surface area contributed by atoms with Gasteiger partial charge in [0.2, 0.25) is 5.91 Å². The Labute approximate surface area is 76.9 Å². The van der Waals surface area contributed by atoms with E-state index < -0.39 is 0 Å². The lowest BCUT2D eigenvalue weighted by Gasteiger charge is -2.26. The smallest absolute Gasteiger partial charge is 0.298 e. The van der Waals surface area contributed by atoms with Gasteiger partial charge in [-0.1, -0.05) is 12.7 Å². The normalized spacial score (nSPS) is 18.5. The van der Waals surface area contributed by atoms with Gasteiger partial charge in [-0.05, 0) is 13.0 Å². The van der Waals surface area contributed by atoms with Crippen LogP contribution in [0, 0.1) is 0 Å². The van der Waals surface area contributed by atoms with E-state index in [0.29, 0.717) is 13.0 Å². The second-order valence-corrected chi connectivity index (χ2v) is 2.80. The Morgan fingerprint density at radius 3 is 2.85 bits per heavy atom. The number of urea groups is 1. The molecule has 1 fully saturated rings. The van der Waals surface area contributed by atoms with Crippen molar-refractivity contribution in [3.63, 3.8) is 0 Å². The standard InChI is InChI=1S/C9H12N2O2/c1-3-4-7(2)11-6-5-8(12)10-9(11)13/h3-4H,1,5-6H2,2H3,(H,10,12,13)/b7-4+. The van der Waals surface area contributed by atoms with Crippen molar-refractivity contribution in [1.29, 1.82) is 0 Å². The number of allylic oxidation sites excluding steroid dienone is 3. The first-order chi connectivity index (χ1) is 6.15. The summed E-state index contributed by atoms with van der Waals surface area (Å²) >= 11 is 0. The van der Waals surface area contributed by atoms with Crippen LogP contribution in [0.4, 0.5) is 4.79 Å². The Morgan fingerprint density at radius 1 is 1.62 bits per heavy atom. The zero-order valence-electron chi connectivity index (χ0n) is 7.54. The summed E-state index contributed by atoms with van der Waals surface area (Å²) in [4.78, 5) is 23.6. The highest BCUT2D eigenvalue weighted by Gasteiger charge is 2.23. The number of carbonyl (C=O) groups is 2. The largest absolute Gasteiger partial charge is 0.328 e. The summed E-state index contributed by atoms with van der Waals surface area (Å²) in [5, 5.41) is 2.24. The van der Waals surface area contributed by atoms with Crippen molar-refractivity contribution >= 4 is 11.9 Å². The molecule has 1 saturated heterocycles. The Balaban J connectivity index is 2.71. The summed E-state index contributed by atoms with van der Waals surface area (Å²) in [6.07, 6.45) is 3.70. The minimum atomic E-state index is -0.355. The van der Waals surface area contributed by atoms with Crippen molar-refractivity contribution in [1.82, 2.24) is 10.2 Å². The van der Waals surface area contributed by atoms with E-state index in [-0.39, 0.29) is 11.9 Å². The molecular weight excluding hydrogens is 168 g/mol. The van der Waals surface area contributed by atoms with Crippen LogP contribution in [0.15, 0.2) is 24.4 Å². The molecule has 0 spiro atoms. The van der Waals surface area contributed by atoms with Gasteiger partial charge >= 0.3 is 6.03 Å². The van der Waals surface area contributed by atoms with Crippen molar-refractivity contribution < 1.29 is 9.59 Å². The Morgan fingerprint density at radius 2 is 2.31 bits per heavy atom. The highest BCUT2D eigenvalue weighted by Crippen LogP contribution is 2.08. The van der Waals surface area contributed by atoms with Crippen molar-refractivity contribution in [3.05, 3.63) is 24.4 Å². The molecule has 1 rings (SSSR count). The number of carbonyl (C=O) groups excluding carboxylic acids is 2. The Hall–Kier alpha value is -1.58. The van der Waals surface area contributed by atoms with E-state index in [9.17, 15) is 9.59 Å². The fourth-order valence-corrected chi connectivity index (χ4v) is 1.16. The van der Waals surface area contributed by atoms with Crippen LogP contribution in [0.1, 0.15) is 13.3 Å². The van der Waals surface area contributed by atoms with Crippen LogP contribution in [0.25, 0.3) is 0 Å². The first kappa shape index (κ1) is 9.51. The molecule has 1 N–H and O–H groups in total. The van der Waals surface area contributed by atoms with Crippen molar-refractivity contribution in [3.8, 4) is 0 Å². The third-order valence-corrected chi connectivity index (χ3v) is 1.84. The zero-order valence-corrected chi connectivity index (χ0v) is 7.54. The molecule has 13 heavy (non-hydrogen) atoms. The lowest BCUT2D eigenvalue weighted by atomic mass is 10.3. The maximum atomic E-state index is 11.2. The van der Waals surface area contributed by atoms with Gasteiger partial charge < -0.3 is 0 Å². The second-order valence-electron chi connectivity index (χ2n) is 2.80. The first-order valence-corrected chi connectivity index (χ1v) is 4.06. The molecule has 4 nitrogen and oxygen atoms in total. The van der Waals surface area contributed by atoms with Crippen LogP contribution >= 0.6 is 0 Å². The maximum absolute atomic E-state index is 11.2. The van der Waals surface area contributed by atoms with Gasteiger partial charge in [0, 0.05) is 18.7 Å². The molecule has 1 heterocycles. The van der Waals surface area contributed by atoms with Crippen LogP contribution in [0.2, 0.25) is 0 Å². The minimum Gasteiger partial charge on any atom is -0.298 e. The van der Waals surface area contributed by atoms with Gasteiger partial charge in [0.1, 0.15) is 0 Å². The molecule has 0 aliphatic carbocycles. The van der Waals surface area contributed by atoms with Crippen LogP contribution in [-0.4, -0.2) is 23.4 Å². The average molecular weight is 180 g/mol. The summed E-state index contributed by atoms with van der Waals surface area (Å²) in [7, 11) is 0. The van der Waals surface area contributed by atoms with E-state index in [4.69, 9.17) is 0 Å². The third kappa shape index (κ3) is 2.18. The second kappa shape index (κ2) is 3.89. The molecule has 70 valence electrons. The Kier molecular flexibility index (Phi) is 2.84. The van der Waals surface area contributed by atoms with Crippen LogP contribution < -0.4 is 5.32 Å². The number of imide groups is 1. The van der Waals surface area contributed by atoms with E-state index in [1.54, 1.807) is 19.1 Å². The maximum Gasteiger partial charge on any atom is 0.328 e. The van der Waals surface area contributed by atoms with E-state index >= 15 is 0 Å². The molecule has 0 radical (unpaired) electrons. The summed E-state index contributed by atoms with van der Waals surface area (Å²) in [5.41, 5.74) is 0.792. The molecule has 4 heteroatoms. The molecule has 0 aromatic carbocycles. The fraction of sp³-hybridized carbons (Fsp3) is 0.333. The van der Waals surface area contributed by atoms with Crippen LogP contribution in [0.3, 0.4) is 0 Å². The lowest BCUT2D eigenvalue weighted by Crippen LogP contribution is -2.48. The summed E-state index contributed by atoms with van der Waals surface area (Å²) in [6, 6.07) is -0.355. The van der Waals surface area contributed by atoms with E-state index in [1.165, 1.54) is 4.90 Å². The predicted octanol–water partition coefficient (Wildman–Crippen LogP) is 1.02. The number of hydrogen-bond donors (Lipinski definition) is 1. The van der Waals surface area contributed by atoms with Gasteiger partial charge in [-0.3, -0.25) is 15.0 Å². The molecule has 0 atom stereocenters. The molecule has 0 aromatic heterocycles. The third-order valence-electron chi connectivity index (χ3n) is 1.84. The number of nitrogens with zero attached hydrogens (tertiary/aromatic N) is 1. The van der Waals surface area contributed by atoms with Crippen molar-refractivity contribution in [2.24, 2.45) is 0 Å². The van der Waals surface area contributed by atoms with Gasteiger partial charge in [-0.25, -0.2) is 4.79 Å². The Bertz CT molecular complexity index is 281. The molecule has 3 amide bonds. The fourth-order valence-electron chi connectivity index (χ4n) is 1.16. The number of hydrogen-bond acceptors (Lipinski definition) is 2. The van der Waals surface area contributed by atoms with Gasteiger partial charge in [0.25, 0.3) is 0 Å². The SMILES string of the molecule is C=C/C=C(\C)N1CCC(=O)NC1=O. The molecular formula is C9H12N2O2. The molecule has 0 unspecified atom stereocenters. The lowest BCUT2D eigenvalue weighted by molar-refractivity contribution is -0.121. The number of rotatable bonds is 2. The first-order valence-electron chi connectivity index (χ1n) is 4.06. The van der Waals surface area contributed by atoms with Crippen molar-refractivity contribution in [2.75, 3.05) is 6.54 Å². The highest BCUT2D eigenvalue weighted by atomic mass is 16.2. The van der Waals surface area contributed by atoms with E-state index in [1.807, 2.05) is 0 Å². The highest BCUT2D eigenvalue weighted by molar-refractivity contribution is 5.97. The summed E-state index contributed by atoms with van der Waals surface area (Å²) < 4.78 is 0. The van der Waals surface area contributed by atoms with E-state index in [2.05, 4.69) is 11.9 Å².